The highest BCUT2D eigenvalue weighted by atomic mass is 16.7. The van der Waals surface area contributed by atoms with Crippen molar-refractivity contribution in [3.05, 3.63) is 54.1 Å². The molecule has 2 aromatic rings. The maximum Gasteiger partial charge on any atom is 0.242 e. The zero-order valence-electron chi connectivity index (χ0n) is 15.6. The molecule has 0 spiro atoms. The van der Waals surface area contributed by atoms with E-state index in [1.165, 1.54) is 5.56 Å². The standard InChI is InChI=1S/C21H25N3O3/c1-22(18-5-3-2-4-6-18)15-21(25)24-11-9-23(10-12-24)14-17-7-8-19-20(13-17)27-16-26-19/h2-8,13H,9-12,14-16H2,1H3. The van der Waals surface area contributed by atoms with E-state index in [-0.39, 0.29) is 5.91 Å². The predicted molar refractivity (Wildman–Crippen MR) is 104 cm³/mol. The van der Waals surface area contributed by atoms with Gasteiger partial charge in [-0.3, -0.25) is 9.69 Å². The maximum absolute atomic E-state index is 12.6. The molecule has 2 heterocycles. The molecule has 0 radical (unpaired) electrons. The minimum atomic E-state index is 0.184. The molecule has 4 rings (SSSR count). The average molecular weight is 367 g/mol. The van der Waals surface area contributed by atoms with E-state index in [0.717, 1.165) is 49.9 Å². The molecule has 0 N–H and O–H groups in total. The van der Waals surface area contributed by atoms with Gasteiger partial charge in [0.25, 0.3) is 0 Å². The molecule has 0 bridgehead atoms. The van der Waals surface area contributed by atoms with E-state index in [2.05, 4.69) is 17.0 Å². The lowest BCUT2D eigenvalue weighted by Gasteiger charge is -2.35. The van der Waals surface area contributed by atoms with Crippen LogP contribution in [-0.2, 0) is 11.3 Å². The van der Waals surface area contributed by atoms with E-state index in [1.54, 1.807) is 0 Å². The molecule has 27 heavy (non-hydrogen) atoms. The van der Waals surface area contributed by atoms with Gasteiger partial charge in [-0.2, -0.15) is 0 Å². The highest BCUT2D eigenvalue weighted by Crippen LogP contribution is 2.32. The van der Waals surface area contributed by atoms with Gasteiger partial charge in [-0.15, -0.1) is 0 Å². The number of hydrogen-bond acceptors (Lipinski definition) is 5. The van der Waals surface area contributed by atoms with Crippen molar-refractivity contribution in [2.75, 3.05) is 51.5 Å². The summed E-state index contributed by atoms with van der Waals surface area (Å²) in [6, 6.07) is 16.1. The van der Waals surface area contributed by atoms with Crippen LogP contribution >= 0.6 is 0 Å². The first-order valence-corrected chi connectivity index (χ1v) is 9.34. The summed E-state index contributed by atoms with van der Waals surface area (Å²) in [5, 5.41) is 0. The van der Waals surface area contributed by atoms with Gasteiger partial charge in [-0.1, -0.05) is 24.3 Å². The summed E-state index contributed by atoms with van der Waals surface area (Å²) in [7, 11) is 1.96. The van der Waals surface area contributed by atoms with E-state index in [0.29, 0.717) is 13.3 Å². The lowest BCUT2D eigenvalue weighted by Crippen LogP contribution is -2.50. The van der Waals surface area contributed by atoms with Crippen molar-refractivity contribution in [1.82, 2.24) is 9.80 Å². The Morgan fingerprint density at radius 1 is 1.00 bits per heavy atom. The van der Waals surface area contributed by atoms with Crippen LogP contribution in [0.1, 0.15) is 5.56 Å². The van der Waals surface area contributed by atoms with Crippen LogP contribution in [0.2, 0.25) is 0 Å². The summed E-state index contributed by atoms with van der Waals surface area (Å²) < 4.78 is 10.8. The maximum atomic E-state index is 12.6. The number of carbonyl (C=O) groups is 1. The van der Waals surface area contributed by atoms with Crippen molar-refractivity contribution >= 4 is 11.6 Å². The Hall–Kier alpha value is -2.73. The van der Waals surface area contributed by atoms with Crippen LogP contribution in [0.4, 0.5) is 5.69 Å². The van der Waals surface area contributed by atoms with Crippen LogP contribution in [0, 0.1) is 0 Å². The third kappa shape index (κ3) is 4.17. The summed E-state index contributed by atoms with van der Waals surface area (Å²) in [5.41, 5.74) is 2.27. The van der Waals surface area contributed by atoms with Crippen molar-refractivity contribution in [3.63, 3.8) is 0 Å². The molecule has 6 heteroatoms. The lowest BCUT2D eigenvalue weighted by atomic mass is 10.1. The fraction of sp³-hybridized carbons (Fsp3) is 0.381. The smallest absolute Gasteiger partial charge is 0.242 e. The van der Waals surface area contributed by atoms with Crippen LogP contribution in [0.25, 0.3) is 0 Å². The van der Waals surface area contributed by atoms with Crippen LogP contribution in [0.3, 0.4) is 0 Å². The number of carbonyl (C=O) groups excluding carboxylic acids is 1. The third-order valence-electron chi connectivity index (χ3n) is 5.14. The van der Waals surface area contributed by atoms with Gasteiger partial charge in [-0.25, -0.2) is 0 Å². The van der Waals surface area contributed by atoms with E-state index in [1.807, 2.05) is 53.2 Å². The van der Waals surface area contributed by atoms with Crippen molar-refractivity contribution in [1.29, 1.82) is 0 Å². The summed E-state index contributed by atoms with van der Waals surface area (Å²) in [6.45, 7) is 4.88. The molecule has 2 aliphatic rings. The molecule has 0 aromatic heterocycles. The van der Waals surface area contributed by atoms with Gasteiger partial charge >= 0.3 is 0 Å². The molecule has 6 nitrogen and oxygen atoms in total. The molecule has 0 aliphatic carbocycles. The Labute approximate surface area is 159 Å². The van der Waals surface area contributed by atoms with Crippen molar-refractivity contribution in [2.45, 2.75) is 6.54 Å². The Morgan fingerprint density at radius 3 is 2.52 bits per heavy atom. The quantitative estimate of drug-likeness (QED) is 0.811. The second kappa shape index (κ2) is 7.88. The Morgan fingerprint density at radius 2 is 1.74 bits per heavy atom. The molecule has 142 valence electrons. The normalized spacial score (nSPS) is 16.4. The molecule has 1 fully saturated rings. The molecule has 1 saturated heterocycles. The SMILES string of the molecule is CN(CC(=O)N1CCN(Cc2ccc3c(c2)OCO3)CC1)c1ccccc1. The fourth-order valence-electron chi connectivity index (χ4n) is 3.53. The van der Waals surface area contributed by atoms with Gasteiger partial charge in [0.1, 0.15) is 0 Å². The first kappa shape index (κ1) is 17.7. The first-order valence-electron chi connectivity index (χ1n) is 9.34. The van der Waals surface area contributed by atoms with E-state index in [9.17, 15) is 4.79 Å². The zero-order chi connectivity index (χ0) is 18.6. The van der Waals surface area contributed by atoms with Crippen LogP contribution in [-0.4, -0.2) is 62.3 Å². The number of benzene rings is 2. The Bertz CT molecular complexity index is 789. The number of piperazine rings is 1. The average Bonchev–Trinajstić information content (AvgIpc) is 3.17. The number of rotatable bonds is 5. The number of para-hydroxylation sites is 1. The molecule has 0 unspecified atom stereocenters. The molecule has 0 atom stereocenters. The molecule has 1 amide bonds. The lowest BCUT2D eigenvalue weighted by molar-refractivity contribution is -0.131. The van der Waals surface area contributed by atoms with Crippen LogP contribution in [0.5, 0.6) is 11.5 Å². The zero-order valence-corrected chi connectivity index (χ0v) is 15.6. The first-order chi connectivity index (χ1) is 13.2. The van der Waals surface area contributed by atoms with E-state index >= 15 is 0 Å². The number of hydrogen-bond donors (Lipinski definition) is 0. The number of likely N-dealkylation sites (N-methyl/N-ethyl adjacent to an activating group) is 1. The summed E-state index contributed by atoms with van der Waals surface area (Å²) in [5.74, 6) is 1.83. The van der Waals surface area contributed by atoms with Crippen LogP contribution < -0.4 is 14.4 Å². The number of ether oxygens (including phenoxy) is 2. The largest absolute Gasteiger partial charge is 0.454 e. The summed E-state index contributed by atoms with van der Waals surface area (Å²) in [4.78, 5) is 19.0. The summed E-state index contributed by atoms with van der Waals surface area (Å²) >= 11 is 0. The molecule has 0 saturated carbocycles. The Kier molecular flexibility index (Phi) is 5.16. The van der Waals surface area contributed by atoms with Gasteiger partial charge in [0.15, 0.2) is 11.5 Å². The number of nitrogens with zero attached hydrogens (tertiary/aromatic N) is 3. The van der Waals surface area contributed by atoms with Gasteiger partial charge in [0.2, 0.25) is 12.7 Å². The molecule has 2 aromatic carbocycles. The predicted octanol–water partition coefficient (Wildman–Crippen LogP) is 2.20. The minimum Gasteiger partial charge on any atom is -0.454 e. The second-order valence-electron chi connectivity index (χ2n) is 7.04. The van der Waals surface area contributed by atoms with Crippen LogP contribution in [0.15, 0.2) is 48.5 Å². The van der Waals surface area contributed by atoms with Gasteiger partial charge in [-0.05, 0) is 29.8 Å². The van der Waals surface area contributed by atoms with Gasteiger partial charge < -0.3 is 19.3 Å². The fourth-order valence-corrected chi connectivity index (χ4v) is 3.53. The molecule has 2 aliphatic heterocycles. The van der Waals surface area contributed by atoms with Gasteiger partial charge in [0.05, 0.1) is 6.54 Å². The highest BCUT2D eigenvalue weighted by Gasteiger charge is 2.22. The third-order valence-corrected chi connectivity index (χ3v) is 5.14. The highest BCUT2D eigenvalue weighted by molar-refractivity contribution is 5.81. The second-order valence-corrected chi connectivity index (χ2v) is 7.04. The molecular weight excluding hydrogens is 342 g/mol. The monoisotopic (exact) mass is 367 g/mol. The van der Waals surface area contributed by atoms with E-state index in [4.69, 9.17) is 9.47 Å². The van der Waals surface area contributed by atoms with Gasteiger partial charge in [0, 0.05) is 45.5 Å². The minimum absolute atomic E-state index is 0.184. The molecular formula is C21H25N3O3. The topological polar surface area (TPSA) is 45.3 Å². The number of anilines is 1. The van der Waals surface area contributed by atoms with E-state index < -0.39 is 0 Å². The van der Waals surface area contributed by atoms with Crippen molar-refractivity contribution in [3.8, 4) is 11.5 Å². The number of fused-ring (bicyclic) bond motifs is 1. The van der Waals surface area contributed by atoms with Crippen molar-refractivity contribution in [2.24, 2.45) is 0 Å². The summed E-state index contributed by atoms with van der Waals surface area (Å²) in [6.07, 6.45) is 0. The Balaban J connectivity index is 1.26. The number of amides is 1. The van der Waals surface area contributed by atoms with Crippen molar-refractivity contribution < 1.29 is 14.3 Å².